The summed E-state index contributed by atoms with van der Waals surface area (Å²) < 4.78 is 8.81. The Labute approximate surface area is 288 Å². The Kier molecular flexibility index (Phi) is 6.49. The fraction of sp³-hybridized carbons (Fsp3) is 0.0222. The highest BCUT2D eigenvalue weighted by Crippen LogP contribution is 2.39. The van der Waals surface area contributed by atoms with E-state index in [0.29, 0.717) is 5.84 Å². The summed E-state index contributed by atoms with van der Waals surface area (Å²) >= 11 is 0. The third kappa shape index (κ3) is 4.63. The number of aliphatic imine (C=N–C) groups is 2. The number of fused-ring (bicyclic) bond motifs is 6. The molecule has 2 aromatic heterocycles. The Morgan fingerprint density at radius 3 is 2.10 bits per heavy atom. The predicted octanol–water partition coefficient (Wildman–Crippen LogP) is 10.8. The second kappa shape index (κ2) is 11.5. The van der Waals surface area contributed by atoms with Gasteiger partial charge in [0.15, 0.2) is 5.84 Å². The summed E-state index contributed by atoms with van der Waals surface area (Å²) in [5, 5.41) is 8.22. The maximum atomic E-state index is 6.45. The zero-order valence-electron chi connectivity index (χ0n) is 27.0. The molecule has 5 heteroatoms. The smallest absolute Gasteiger partial charge is 0.159 e. The third-order valence-corrected chi connectivity index (χ3v) is 9.66. The zero-order valence-corrected chi connectivity index (χ0v) is 27.0. The number of hydrogen-bond acceptors (Lipinski definition) is 4. The molecule has 236 valence electrons. The van der Waals surface area contributed by atoms with Crippen molar-refractivity contribution >= 4 is 55.4 Å². The molecule has 3 heterocycles. The summed E-state index contributed by atoms with van der Waals surface area (Å²) in [4.78, 5) is 10.2. The van der Waals surface area contributed by atoms with Gasteiger partial charge >= 0.3 is 0 Å². The standard InChI is InChI=1S/C45H30N4O/c1-3-13-29(14-4-1)43-46-44(30-15-5-2-6-16-30)48-45(47-43)32-17-11-18-33(27-32)49-39-23-9-7-19-35(39)36-26-25-31(28-40(36)49)34-21-12-22-38-37-20-8-10-24-41(37)50-42(34)38/h1-28,43H,(H,46,47,48). The van der Waals surface area contributed by atoms with E-state index >= 15 is 0 Å². The van der Waals surface area contributed by atoms with Crippen molar-refractivity contribution in [2.45, 2.75) is 6.17 Å². The monoisotopic (exact) mass is 642 g/mol. The van der Waals surface area contributed by atoms with E-state index in [1.165, 1.54) is 10.8 Å². The first-order valence-corrected chi connectivity index (χ1v) is 16.9. The van der Waals surface area contributed by atoms with Crippen molar-refractivity contribution in [3.63, 3.8) is 0 Å². The van der Waals surface area contributed by atoms with Crippen molar-refractivity contribution in [1.29, 1.82) is 0 Å². The van der Waals surface area contributed by atoms with E-state index in [1.807, 2.05) is 48.5 Å². The third-order valence-electron chi connectivity index (χ3n) is 9.66. The van der Waals surface area contributed by atoms with E-state index in [0.717, 1.165) is 72.3 Å². The second-order valence-electron chi connectivity index (χ2n) is 12.7. The molecule has 0 bridgehead atoms. The summed E-state index contributed by atoms with van der Waals surface area (Å²) in [6.07, 6.45) is -0.265. The number of nitrogens with one attached hydrogen (secondary N) is 1. The molecule has 0 aliphatic carbocycles. The van der Waals surface area contributed by atoms with Gasteiger partial charge in [0.05, 0.1) is 11.0 Å². The average Bonchev–Trinajstić information content (AvgIpc) is 3.74. The van der Waals surface area contributed by atoms with Crippen LogP contribution in [0.25, 0.3) is 60.6 Å². The van der Waals surface area contributed by atoms with Crippen LogP contribution in [0.1, 0.15) is 22.9 Å². The number of aromatic nitrogens is 1. The summed E-state index contributed by atoms with van der Waals surface area (Å²) in [6.45, 7) is 0. The number of benzene rings is 7. The van der Waals surface area contributed by atoms with Crippen molar-refractivity contribution in [2.24, 2.45) is 9.98 Å². The molecule has 10 rings (SSSR count). The van der Waals surface area contributed by atoms with Gasteiger partial charge in [0.2, 0.25) is 0 Å². The van der Waals surface area contributed by atoms with Gasteiger partial charge in [-0.1, -0.05) is 140 Å². The summed E-state index contributed by atoms with van der Waals surface area (Å²) in [6, 6.07) is 59.2. The Hall–Kier alpha value is -6.72. The fourth-order valence-electron chi connectivity index (χ4n) is 7.30. The lowest BCUT2D eigenvalue weighted by Gasteiger charge is -2.23. The van der Waals surface area contributed by atoms with Crippen LogP contribution in [0.5, 0.6) is 0 Å². The van der Waals surface area contributed by atoms with Crippen LogP contribution < -0.4 is 5.32 Å². The van der Waals surface area contributed by atoms with Gasteiger partial charge in [-0.3, -0.25) is 0 Å². The van der Waals surface area contributed by atoms with Gasteiger partial charge in [-0.25, -0.2) is 9.98 Å². The van der Waals surface area contributed by atoms with Gasteiger partial charge in [-0.15, -0.1) is 0 Å². The van der Waals surface area contributed by atoms with Crippen molar-refractivity contribution < 1.29 is 4.42 Å². The molecule has 0 saturated heterocycles. The van der Waals surface area contributed by atoms with Gasteiger partial charge in [-0.05, 0) is 41.5 Å². The van der Waals surface area contributed by atoms with Gasteiger partial charge in [0.25, 0.3) is 0 Å². The first-order valence-electron chi connectivity index (χ1n) is 16.9. The fourth-order valence-corrected chi connectivity index (χ4v) is 7.30. The van der Waals surface area contributed by atoms with Crippen molar-refractivity contribution in [3.05, 3.63) is 187 Å². The molecule has 7 aromatic carbocycles. The molecule has 0 amide bonds. The molecule has 1 unspecified atom stereocenters. The molecule has 0 radical (unpaired) electrons. The Morgan fingerprint density at radius 2 is 1.22 bits per heavy atom. The SMILES string of the molecule is c1ccc(C2=NC(c3cccc(-n4c5ccccc5c5ccc(-c6cccc7c6oc6ccccc67)cc54)c3)=NC(c3ccccc3)N2)cc1. The number of nitrogens with zero attached hydrogens (tertiary/aromatic N) is 3. The lowest BCUT2D eigenvalue weighted by Crippen LogP contribution is -2.33. The number of para-hydroxylation sites is 3. The van der Waals surface area contributed by atoms with Gasteiger partial charge < -0.3 is 14.3 Å². The molecule has 1 aliphatic rings. The second-order valence-corrected chi connectivity index (χ2v) is 12.7. The highest BCUT2D eigenvalue weighted by atomic mass is 16.3. The highest BCUT2D eigenvalue weighted by Gasteiger charge is 2.22. The van der Waals surface area contributed by atoms with Crippen LogP contribution >= 0.6 is 0 Å². The number of rotatable bonds is 5. The first-order chi connectivity index (χ1) is 24.8. The van der Waals surface area contributed by atoms with Gasteiger partial charge in [0, 0.05) is 43.9 Å². The number of furan rings is 1. The van der Waals surface area contributed by atoms with E-state index in [2.05, 4.69) is 131 Å². The predicted molar refractivity (Wildman–Crippen MR) is 205 cm³/mol. The van der Waals surface area contributed by atoms with Crippen LogP contribution in [-0.4, -0.2) is 16.2 Å². The molecule has 1 atom stereocenters. The van der Waals surface area contributed by atoms with Crippen LogP contribution in [0.15, 0.2) is 184 Å². The lowest BCUT2D eigenvalue weighted by molar-refractivity contribution is 0.670. The van der Waals surface area contributed by atoms with Crippen molar-refractivity contribution in [2.75, 3.05) is 0 Å². The topological polar surface area (TPSA) is 54.8 Å². The molecule has 9 aromatic rings. The Bertz CT molecular complexity index is 2790. The van der Waals surface area contributed by atoms with Crippen molar-refractivity contribution in [3.8, 4) is 16.8 Å². The summed E-state index contributed by atoms with van der Waals surface area (Å²) in [5.41, 5.74) is 10.3. The molecule has 0 spiro atoms. The van der Waals surface area contributed by atoms with Crippen LogP contribution in [0.2, 0.25) is 0 Å². The average molecular weight is 643 g/mol. The van der Waals surface area contributed by atoms with Crippen LogP contribution in [0.4, 0.5) is 0 Å². The summed E-state index contributed by atoms with van der Waals surface area (Å²) in [7, 11) is 0. The maximum Gasteiger partial charge on any atom is 0.159 e. The number of hydrogen-bond donors (Lipinski definition) is 1. The normalized spacial score (nSPS) is 14.6. The lowest BCUT2D eigenvalue weighted by atomic mass is 10.0. The van der Waals surface area contributed by atoms with Crippen LogP contribution in [-0.2, 0) is 0 Å². The Balaban J connectivity index is 1.15. The van der Waals surface area contributed by atoms with E-state index < -0.39 is 0 Å². The Morgan fingerprint density at radius 1 is 0.520 bits per heavy atom. The molecule has 5 nitrogen and oxygen atoms in total. The van der Waals surface area contributed by atoms with Crippen LogP contribution in [0, 0.1) is 0 Å². The highest BCUT2D eigenvalue weighted by molar-refractivity contribution is 6.15. The van der Waals surface area contributed by atoms with Crippen LogP contribution in [0.3, 0.4) is 0 Å². The molecule has 0 saturated carbocycles. The maximum absolute atomic E-state index is 6.45. The quantitative estimate of drug-likeness (QED) is 0.203. The molecular formula is C45H30N4O. The van der Waals surface area contributed by atoms with Crippen molar-refractivity contribution in [1.82, 2.24) is 9.88 Å². The molecular weight excluding hydrogens is 613 g/mol. The zero-order chi connectivity index (χ0) is 33.0. The van der Waals surface area contributed by atoms with E-state index in [-0.39, 0.29) is 6.17 Å². The van der Waals surface area contributed by atoms with Gasteiger partial charge in [-0.2, -0.15) is 0 Å². The molecule has 1 aliphatic heterocycles. The minimum absolute atomic E-state index is 0.265. The molecule has 0 fully saturated rings. The van der Waals surface area contributed by atoms with E-state index in [4.69, 9.17) is 14.4 Å². The number of amidine groups is 2. The van der Waals surface area contributed by atoms with Gasteiger partial charge in [0.1, 0.15) is 23.2 Å². The van der Waals surface area contributed by atoms with E-state index in [1.54, 1.807) is 0 Å². The first kappa shape index (κ1) is 28.3. The minimum atomic E-state index is -0.265. The molecule has 50 heavy (non-hydrogen) atoms. The minimum Gasteiger partial charge on any atom is -0.455 e. The summed E-state index contributed by atoms with van der Waals surface area (Å²) in [5.74, 6) is 1.49. The largest absolute Gasteiger partial charge is 0.455 e. The van der Waals surface area contributed by atoms with E-state index in [9.17, 15) is 0 Å². The molecule has 1 N–H and O–H groups in total.